The molecule has 0 saturated carbocycles. The van der Waals surface area contributed by atoms with Crippen LogP contribution in [-0.2, 0) is 4.79 Å². The summed E-state index contributed by atoms with van der Waals surface area (Å²) in [5, 5.41) is 9.61. The van der Waals surface area contributed by atoms with E-state index in [2.05, 4.69) is 11.8 Å². The number of carboxylic acids is 1. The van der Waals surface area contributed by atoms with Gasteiger partial charge in [0.15, 0.2) is 0 Å². The highest BCUT2D eigenvalue weighted by Crippen LogP contribution is 2.36. The molecular weight excluding hydrogens is 222 g/mol. The van der Waals surface area contributed by atoms with Crippen molar-refractivity contribution in [3.05, 3.63) is 0 Å². The van der Waals surface area contributed by atoms with Gasteiger partial charge >= 0.3 is 5.97 Å². The molecular formula is C12H21NO2S. The van der Waals surface area contributed by atoms with E-state index in [1.165, 1.54) is 6.42 Å². The average molecular weight is 243 g/mol. The third-order valence-electron chi connectivity index (χ3n) is 4.07. The molecule has 1 unspecified atom stereocenters. The minimum absolute atomic E-state index is 0.438. The van der Waals surface area contributed by atoms with E-state index in [-0.39, 0.29) is 0 Å². The van der Waals surface area contributed by atoms with Crippen LogP contribution in [0.15, 0.2) is 0 Å². The Morgan fingerprint density at radius 2 is 2.06 bits per heavy atom. The Morgan fingerprint density at radius 3 is 2.62 bits per heavy atom. The van der Waals surface area contributed by atoms with Crippen molar-refractivity contribution in [2.24, 2.45) is 0 Å². The number of hydrogen-bond donors (Lipinski definition) is 1. The van der Waals surface area contributed by atoms with Gasteiger partial charge in [0.1, 0.15) is 5.54 Å². The number of piperidine rings is 1. The van der Waals surface area contributed by atoms with Crippen molar-refractivity contribution in [2.75, 3.05) is 18.1 Å². The number of aliphatic carboxylic acids is 1. The first-order chi connectivity index (χ1) is 7.67. The normalized spacial score (nSPS) is 31.2. The van der Waals surface area contributed by atoms with E-state index >= 15 is 0 Å². The van der Waals surface area contributed by atoms with Gasteiger partial charge in [-0.05, 0) is 50.7 Å². The molecule has 0 aromatic heterocycles. The lowest BCUT2D eigenvalue weighted by Crippen LogP contribution is -2.60. The summed E-state index contributed by atoms with van der Waals surface area (Å²) in [6, 6.07) is 0.438. The molecule has 0 aromatic rings. The van der Waals surface area contributed by atoms with Crippen LogP contribution in [0.1, 0.15) is 39.0 Å². The summed E-state index contributed by atoms with van der Waals surface area (Å²) in [4.78, 5) is 13.9. The van der Waals surface area contributed by atoms with E-state index in [1.54, 1.807) is 0 Å². The second-order valence-corrected chi connectivity index (χ2v) is 6.21. The summed E-state index contributed by atoms with van der Waals surface area (Å²) < 4.78 is 0. The first kappa shape index (κ1) is 12.2. The molecule has 0 bridgehead atoms. The topological polar surface area (TPSA) is 40.5 Å². The zero-order valence-electron chi connectivity index (χ0n) is 9.95. The molecule has 0 spiro atoms. The summed E-state index contributed by atoms with van der Waals surface area (Å²) in [6.45, 7) is 3.16. The molecule has 2 aliphatic heterocycles. The fraction of sp³-hybridized carbons (Fsp3) is 0.917. The molecule has 0 aliphatic carbocycles. The Labute approximate surface area is 102 Å². The molecule has 16 heavy (non-hydrogen) atoms. The van der Waals surface area contributed by atoms with Crippen LogP contribution in [0.4, 0.5) is 0 Å². The molecule has 3 nitrogen and oxygen atoms in total. The predicted molar refractivity (Wildman–Crippen MR) is 66.9 cm³/mol. The minimum Gasteiger partial charge on any atom is -0.480 e. The zero-order chi connectivity index (χ0) is 11.6. The highest BCUT2D eigenvalue weighted by Gasteiger charge is 2.47. The maximum absolute atomic E-state index is 11.7. The van der Waals surface area contributed by atoms with E-state index in [0.717, 1.165) is 43.7 Å². The van der Waals surface area contributed by atoms with Crippen LogP contribution in [-0.4, -0.2) is 45.6 Å². The summed E-state index contributed by atoms with van der Waals surface area (Å²) in [6.07, 6.45) is 5.20. The third-order valence-corrected chi connectivity index (χ3v) is 5.06. The van der Waals surface area contributed by atoms with Crippen LogP contribution >= 0.6 is 11.8 Å². The Bertz CT molecular complexity index is 264. The molecule has 92 valence electrons. The van der Waals surface area contributed by atoms with Crippen molar-refractivity contribution < 1.29 is 9.90 Å². The SMILES string of the molecule is CC1CCCCN1C1(C(=O)O)CCSCC1. The third kappa shape index (κ3) is 2.09. The van der Waals surface area contributed by atoms with Gasteiger partial charge in [-0.25, -0.2) is 0 Å². The fourth-order valence-electron chi connectivity index (χ4n) is 3.07. The predicted octanol–water partition coefficient (Wildman–Crippen LogP) is 2.21. The average Bonchev–Trinajstić information content (AvgIpc) is 2.30. The molecule has 2 saturated heterocycles. The largest absolute Gasteiger partial charge is 0.480 e. The lowest BCUT2D eigenvalue weighted by molar-refractivity contribution is -0.155. The Hall–Kier alpha value is -0.220. The first-order valence-corrected chi connectivity index (χ1v) is 7.40. The van der Waals surface area contributed by atoms with Gasteiger partial charge in [0.2, 0.25) is 0 Å². The lowest BCUT2D eigenvalue weighted by atomic mass is 9.86. The number of carbonyl (C=O) groups is 1. The highest BCUT2D eigenvalue weighted by molar-refractivity contribution is 7.99. The molecule has 0 radical (unpaired) electrons. The van der Waals surface area contributed by atoms with Crippen LogP contribution in [0.25, 0.3) is 0 Å². The van der Waals surface area contributed by atoms with E-state index < -0.39 is 11.5 Å². The molecule has 2 fully saturated rings. The van der Waals surface area contributed by atoms with Crippen LogP contribution in [0.5, 0.6) is 0 Å². The first-order valence-electron chi connectivity index (χ1n) is 6.25. The number of carboxylic acid groups (broad SMARTS) is 1. The van der Waals surface area contributed by atoms with Gasteiger partial charge < -0.3 is 5.11 Å². The van der Waals surface area contributed by atoms with Gasteiger partial charge in [-0.15, -0.1) is 0 Å². The summed E-state index contributed by atoms with van der Waals surface area (Å²) in [5.41, 5.74) is -0.551. The maximum atomic E-state index is 11.7. The number of rotatable bonds is 2. The standard InChI is InChI=1S/C12H21NO2S/c1-10-4-2-3-7-13(10)12(11(14)15)5-8-16-9-6-12/h10H,2-9H2,1H3,(H,14,15). The smallest absolute Gasteiger partial charge is 0.324 e. The maximum Gasteiger partial charge on any atom is 0.324 e. The van der Waals surface area contributed by atoms with E-state index in [0.29, 0.717) is 6.04 Å². The number of hydrogen-bond acceptors (Lipinski definition) is 3. The Kier molecular flexibility index (Phi) is 3.80. The van der Waals surface area contributed by atoms with Crippen molar-refractivity contribution in [3.63, 3.8) is 0 Å². The lowest BCUT2D eigenvalue weighted by Gasteiger charge is -2.48. The Balaban J connectivity index is 2.19. The van der Waals surface area contributed by atoms with Crippen LogP contribution < -0.4 is 0 Å². The minimum atomic E-state index is -0.596. The van der Waals surface area contributed by atoms with E-state index in [1.807, 2.05) is 11.8 Å². The number of nitrogens with zero attached hydrogens (tertiary/aromatic N) is 1. The van der Waals surface area contributed by atoms with Crippen molar-refractivity contribution in [3.8, 4) is 0 Å². The summed E-state index contributed by atoms with van der Waals surface area (Å²) in [5.74, 6) is 1.40. The van der Waals surface area contributed by atoms with E-state index in [9.17, 15) is 9.90 Å². The quantitative estimate of drug-likeness (QED) is 0.807. The zero-order valence-corrected chi connectivity index (χ0v) is 10.8. The summed E-state index contributed by atoms with van der Waals surface area (Å²) >= 11 is 1.89. The molecule has 4 heteroatoms. The van der Waals surface area contributed by atoms with Gasteiger partial charge in [-0.3, -0.25) is 9.69 Å². The molecule has 0 aromatic carbocycles. The van der Waals surface area contributed by atoms with Gasteiger partial charge in [0.25, 0.3) is 0 Å². The van der Waals surface area contributed by atoms with Gasteiger partial charge in [0.05, 0.1) is 0 Å². The molecule has 2 rings (SSSR count). The Morgan fingerprint density at radius 1 is 1.38 bits per heavy atom. The van der Waals surface area contributed by atoms with Crippen molar-refractivity contribution in [1.29, 1.82) is 0 Å². The van der Waals surface area contributed by atoms with Gasteiger partial charge in [-0.2, -0.15) is 11.8 Å². The fourth-order valence-corrected chi connectivity index (χ4v) is 4.24. The monoisotopic (exact) mass is 243 g/mol. The van der Waals surface area contributed by atoms with Crippen molar-refractivity contribution in [2.45, 2.75) is 50.6 Å². The number of thioether (sulfide) groups is 1. The molecule has 1 N–H and O–H groups in total. The summed E-state index contributed by atoms with van der Waals surface area (Å²) in [7, 11) is 0. The molecule has 2 heterocycles. The second kappa shape index (κ2) is 4.96. The van der Waals surface area contributed by atoms with Crippen LogP contribution in [0.2, 0.25) is 0 Å². The van der Waals surface area contributed by atoms with Crippen LogP contribution in [0.3, 0.4) is 0 Å². The number of likely N-dealkylation sites (tertiary alicyclic amines) is 1. The molecule has 0 amide bonds. The van der Waals surface area contributed by atoms with Crippen LogP contribution in [0, 0.1) is 0 Å². The van der Waals surface area contributed by atoms with Crippen molar-refractivity contribution >= 4 is 17.7 Å². The van der Waals surface area contributed by atoms with E-state index in [4.69, 9.17) is 0 Å². The molecule has 2 aliphatic rings. The van der Waals surface area contributed by atoms with Crippen molar-refractivity contribution in [1.82, 2.24) is 4.90 Å². The van der Waals surface area contributed by atoms with Gasteiger partial charge in [0, 0.05) is 6.04 Å². The van der Waals surface area contributed by atoms with Gasteiger partial charge in [-0.1, -0.05) is 6.42 Å². The highest BCUT2D eigenvalue weighted by atomic mass is 32.2. The second-order valence-electron chi connectivity index (χ2n) is 4.99. The molecule has 1 atom stereocenters.